The summed E-state index contributed by atoms with van der Waals surface area (Å²) in [5, 5.41) is 7.58. The third kappa shape index (κ3) is 2.90. The molecular formula is C16H18N6O2. The predicted octanol–water partition coefficient (Wildman–Crippen LogP) is 1.21. The van der Waals surface area contributed by atoms with Crippen molar-refractivity contribution < 1.29 is 6.11 Å². The van der Waals surface area contributed by atoms with E-state index in [1.54, 1.807) is 18.2 Å². The van der Waals surface area contributed by atoms with Gasteiger partial charge in [-0.2, -0.15) is 4.68 Å². The third-order valence-corrected chi connectivity index (χ3v) is 3.66. The molecule has 1 aromatic carbocycles. The van der Waals surface area contributed by atoms with E-state index in [9.17, 15) is 4.79 Å². The van der Waals surface area contributed by atoms with E-state index in [2.05, 4.69) is 20.4 Å². The molecule has 0 aliphatic rings. The van der Waals surface area contributed by atoms with Gasteiger partial charge in [0.25, 0.3) is 0 Å². The van der Waals surface area contributed by atoms with Crippen LogP contribution in [0, 0.1) is 6.92 Å². The Morgan fingerprint density at radius 1 is 1.29 bits per heavy atom. The number of benzene rings is 1. The maximum atomic E-state index is 12.2. The van der Waals surface area contributed by atoms with E-state index in [-0.39, 0.29) is 6.61 Å². The lowest BCUT2D eigenvalue weighted by atomic mass is 10.1. The first-order valence-electron chi connectivity index (χ1n) is 8.03. The smallest absolute Gasteiger partial charge is 0.369 e. The summed E-state index contributed by atoms with van der Waals surface area (Å²) in [7, 11) is 1.52. The van der Waals surface area contributed by atoms with E-state index < -0.39 is 5.69 Å². The van der Waals surface area contributed by atoms with Crippen LogP contribution in [0.25, 0.3) is 5.82 Å². The minimum atomic E-state index is -0.392. The number of para-hydroxylation sites is 1. The lowest BCUT2D eigenvalue weighted by Crippen LogP contribution is -2.24. The molecule has 0 spiro atoms. The number of rotatable bonds is 5. The molecule has 124 valence electrons. The Hall–Kier alpha value is -3.03. The van der Waals surface area contributed by atoms with E-state index >= 15 is 0 Å². The zero-order valence-electron chi connectivity index (χ0n) is 14.7. The van der Waals surface area contributed by atoms with Crippen LogP contribution >= 0.6 is 0 Å². The summed E-state index contributed by atoms with van der Waals surface area (Å²) in [6.07, 6.45) is 2.06. The SMILES string of the molecule is [3H]c1ccc(OCc2c(CC)ncnc2-n2nnn(C)c2=O)c(C)c1. The number of tetrazole rings is 1. The maximum Gasteiger partial charge on any atom is 0.369 e. The first-order chi connectivity index (χ1) is 12.0. The Balaban J connectivity index is 1.99. The summed E-state index contributed by atoms with van der Waals surface area (Å²) < 4.78 is 15.8. The highest BCUT2D eigenvalue weighted by molar-refractivity contribution is 5.37. The molecule has 0 saturated heterocycles. The van der Waals surface area contributed by atoms with Gasteiger partial charge in [0.05, 0.1) is 12.6 Å². The van der Waals surface area contributed by atoms with Gasteiger partial charge in [0.1, 0.15) is 18.7 Å². The molecule has 0 radical (unpaired) electrons. The van der Waals surface area contributed by atoms with Crippen LogP contribution in [0.5, 0.6) is 5.75 Å². The number of aromatic nitrogens is 6. The fourth-order valence-corrected chi connectivity index (χ4v) is 2.33. The van der Waals surface area contributed by atoms with Gasteiger partial charge in [-0.05, 0) is 35.4 Å². The van der Waals surface area contributed by atoms with Gasteiger partial charge >= 0.3 is 5.69 Å². The second-order valence-corrected chi connectivity index (χ2v) is 5.25. The zero-order chi connectivity index (χ0) is 18.0. The molecule has 0 fully saturated rings. The molecule has 0 N–H and O–H groups in total. The van der Waals surface area contributed by atoms with Crippen molar-refractivity contribution in [3.8, 4) is 11.6 Å². The Bertz CT molecular complexity index is 965. The number of ether oxygens (including phenoxy) is 1. The molecule has 8 heteroatoms. The molecule has 0 aliphatic carbocycles. The standard InChI is InChI=1S/C16H18N6O2/c1-4-13-12(9-24-14-8-6-5-7-11(14)2)15(18-10-17-13)22-16(23)21(3)19-20-22/h5-8,10H,4,9H2,1-3H3/i5T. The van der Waals surface area contributed by atoms with Crippen molar-refractivity contribution in [3.63, 3.8) is 0 Å². The van der Waals surface area contributed by atoms with Crippen LogP contribution in [0.15, 0.2) is 35.4 Å². The highest BCUT2D eigenvalue weighted by Crippen LogP contribution is 2.20. The number of nitrogens with zero attached hydrogens (tertiary/aromatic N) is 6. The van der Waals surface area contributed by atoms with Gasteiger partial charge in [-0.1, -0.05) is 25.1 Å². The molecule has 0 aliphatic heterocycles. The lowest BCUT2D eigenvalue weighted by Gasteiger charge is -2.13. The molecule has 24 heavy (non-hydrogen) atoms. The molecule has 0 bridgehead atoms. The Labute approximate surface area is 140 Å². The topological polar surface area (TPSA) is 87.7 Å². The van der Waals surface area contributed by atoms with Crippen LogP contribution in [0.4, 0.5) is 0 Å². The van der Waals surface area contributed by atoms with Crippen molar-refractivity contribution in [2.24, 2.45) is 7.05 Å². The van der Waals surface area contributed by atoms with Crippen LogP contribution in [0.3, 0.4) is 0 Å². The van der Waals surface area contributed by atoms with Gasteiger partial charge < -0.3 is 4.74 Å². The number of hydrogen-bond donors (Lipinski definition) is 0. The first-order valence-corrected chi connectivity index (χ1v) is 7.53. The van der Waals surface area contributed by atoms with Gasteiger partial charge in [-0.3, -0.25) is 0 Å². The zero-order valence-corrected chi connectivity index (χ0v) is 13.7. The number of aryl methyl sites for hydroxylation is 3. The third-order valence-electron chi connectivity index (χ3n) is 3.66. The second-order valence-electron chi connectivity index (χ2n) is 5.25. The monoisotopic (exact) mass is 328 g/mol. The van der Waals surface area contributed by atoms with E-state index in [0.717, 1.165) is 20.6 Å². The van der Waals surface area contributed by atoms with Gasteiger partial charge in [0.15, 0.2) is 5.82 Å². The highest BCUT2D eigenvalue weighted by Gasteiger charge is 2.17. The summed E-state index contributed by atoms with van der Waals surface area (Å²) in [6.45, 7) is 4.03. The molecule has 3 aromatic rings. The summed E-state index contributed by atoms with van der Waals surface area (Å²) in [5.74, 6) is 1.03. The predicted molar refractivity (Wildman–Crippen MR) is 87.1 cm³/mol. The van der Waals surface area contributed by atoms with Crippen molar-refractivity contribution >= 4 is 0 Å². The Morgan fingerprint density at radius 3 is 2.79 bits per heavy atom. The fourth-order valence-electron chi connectivity index (χ4n) is 2.33. The van der Waals surface area contributed by atoms with Crippen LogP contribution in [-0.4, -0.2) is 29.8 Å². The molecule has 0 amide bonds. The minimum absolute atomic E-state index is 0.181. The molecule has 2 heterocycles. The average Bonchev–Trinajstić information content (AvgIpc) is 2.93. The molecule has 8 nitrogen and oxygen atoms in total. The van der Waals surface area contributed by atoms with Gasteiger partial charge in [-0.15, -0.1) is 4.68 Å². The van der Waals surface area contributed by atoms with Gasteiger partial charge in [0, 0.05) is 7.05 Å². The summed E-state index contributed by atoms with van der Waals surface area (Å²) >= 11 is 0. The minimum Gasteiger partial charge on any atom is -0.488 e. The normalized spacial score (nSPS) is 11.4. The Kier molecular flexibility index (Phi) is 4.01. The molecule has 0 atom stereocenters. The Morgan fingerprint density at radius 2 is 2.12 bits per heavy atom. The highest BCUT2D eigenvalue weighted by atomic mass is 16.5. The van der Waals surface area contributed by atoms with Crippen LogP contribution in [0.1, 0.15) is 25.1 Å². The quantitative estimate of drug-likeness (QED) is 0.699. The number of hydrogen-bond acceptors (Lipinski definition) is 6. The summed E-state index contributed by atoms with van der Waals surface area (Å²) in [4.78, 5) is 20.6. The van der Waals surface area contributed by atoms with E-state index in [0.29, 0.717) is 29.6 Å². The molecule has 0 saturated carbocycles. The van der Waals surface area contributed by atoms with E-state index in [1.165, 1.54) is 13.4 Å². The fraction of sp³-hybridized carbons (Fsp3) is 0.312. The molecule has 3 rings (SSSR count). The summed E-state index contributed by atoms with van der Waals surface area (Å²) in [6, 6.07) is 5.57. The van der Waals surface area contributed by atoms with Gasteiger partial charge in [-0.25, -0.2) is 14.8 Å². The van der Waals surface area contributed by atoms with Crippen molar-refractivity contribution in [1.82, 2.24) is 29.8 Å². The molecular weight excluding hydrogens is 308 g/mol. The molecule has 2 aromatic heterocycles. The molecule has 0 unspecified atom stereocenters. The second kappa shape index (κ2) is 6.61. The van der Waals surface area contributed by atoms with Crippen LogP contribution in [-0.2, 0) is 20.1 Å². The lowest BCUT2D eigenvalue weighted by molar-refractivity contribution is 0.301. The van der Waals surface area contributed by atoms with Crippen molar-refractivity contribution in [2.75, 3.05) is 0 Å². The van der Waals surface area contributed by atoms with E-state index in [1.807, 2.05) is 13.8 Å². The van der Waals surface area contributed by atoms with E-state index in [4.69, 9.17) is 6.11 Å². The summed E-state index contributed by atoms with van der Waals surface area (Å²) in [5.41, 5.74) is 1.93. The maximum absolute atomic E-state index is 12.2. The van der Waals surface area contributed by atoms with Crippen molar-refractivity contribution in [3.05, 3.63) is 57.9 Å². The average molecular weight is 328 g/mol. The van der Waals surface area contributed by atoms with Gasteiger partial charge in [0.2, 0.25) is 0 Å². The van der Waals surface area contributed by atoms with Crippen molar-refractivity contribution in [2.45, 2.75) is 26.9 Å². The largest absolute Gasteiger partial charge is 0.488 e. The van der Waals surface area contributed by atoms with Crippen molar-refractivity contribution in [1.29, 1.82) is 0 Å². The first kappa shape index (κ1) is 14.6. The van der Waals surface area contributed by atoms with Crippen LogP contribution < -0.4 is 10.4 Å². The van der Waals surface area contributed by atoms with Crippen LogP contribution in [0.2, 0.25) is 0 Å².